The molecule has 2 aromatic heterocycles. The summed E-state index contributed by atoms with van der Waals surface area (Å²) in [5.41, 5.74) is 0.941. The fourth-order valence-corrected chi connectivity index (χ4v) is 3.69. The number of nitrogens with one attached hydrogen (secondary N) is 1. The molecule has 0 amide bonds. The highest BCUT2D eigenvalue weighted by Crippen LogP contribution is 2.41. The van der Waals surface area contributed by atoms with Crippen LogP contribution < -0.4 is 5.56 Å². The van der Waals surface area contributed by atoms with E-state index >= 15 is 0 Å². The standard InChI is InChI=1S/C11H8BrIN2OS/c12-7-4-3-6(17-7)10-14-9(5-1-2-5)8(13)11(16)15-10/h3-5H,1-2H2,(H,14,15,16). The van der Waals surface area contributed by atoms with Gasteiger partial charge in [-0.3, -0.25) is 4.79 Å². The van der Waals surface area contributed by atoms with Gasteiger partial charge >= 0.3 is 0 Å². The van der Waals surface area contributed by atoms with Crippen LogP contribution >= 0.6 is 49.9 Å². The van der Waals surface area contributed by atoms with Gasteiger partial charge < -0.3 is 4.98 Å². The van der Waals surface area contributed by atoms with E-state index < -0.39 is 0 Å². The van der Waals surface area contributed by atoms with Crippen LogP contribution in [-0.2, 0) is 0 Å². The fourth-order valence-electron chi connectivity index (χ4n) is 1.66. The monoisotopic (exact) mass is 422 g/mol. The first-order valence-electron chi connectivity index (χ1n) is 5.20. The first kappa shape index (κ1) is 11.9. The number of H-pyrrole nitrogens is 1. The molecule has 1 saturated carbocycles. The van der Waals surface area contributed by atoms with Crippen LogP contribution in [0.3, 0.4) is 0 Å². The van der Waals surface area contributed by atoms with E-state index in [2.05, 4.69) is 48.5 Å². The molecule has 17 heavy (non-hydrogen) atoms. The Labute approximate surface area is 124 Å². The van der Waals surface area contributed by atoms with E-state index in [1.165, 1.54) is 0 Å². The lowest BCUT2D eigenvalue weighted by molar-refractivity contribution is 0.960. The van der Waals surface area contributed by atoms with E-state index in [4.69, 9.17) is 0 Å². The van der Waals surface area contributed by atoms with Gasteiger partial charge in [0.1, 0.15) is 3.57 Å². The molecule has 0 radical (unpaired) electrons. The molecule has 2 heterocycles. The average Bonchev–Trinajstić information content (AvgIpc) is 3.05. The van der Waals surface area contributed by atoms with Gasteiger partial charge in [-0.1, -0.05) is 0 Å². The zero-order valence-electron chi connectivity index (χ0n) is 8.67. The van der Waals surface area contributed by atoms with Crippen molar-refractivity contribution in [1.29, 1.82) is 0 Å². The highest BCUT2D eigenvalue weighted by Gasteiger charge is 2.29. The van der Waals surface area contributed by atoms with Crippen LogP contribution in [0.25, 0.3) is 10.7 Å². The maximum absolute atomic E-state index is 11.9. The second-order valence-corrected chi connectivity index (χ2v) is 7.53. The van der Waals surface area contributed by atoms with Crippen LogP contribution in [0.1, 0.15) is 24.5 Å². The van der Waals surface area contributed by atoms with E-state index in [0.717, 1.165) is 30.8 Å². The summed E-state index contributed by atoms with van der Waals surface area (Å²) in [6.07, 6.45) is 2.31. The fraction of sp³-hybridized carbons (Fsp3) is 0.273. The van der Waals surface area contributed by atoms with Gasteiger partial charge in [0.25, 0.3) is 5.56 Å². The van der Waals surface area contributed by atoms with Gasteiger partial charge in [0, 0.05) is 5.92 Å². The molecule has 0 bridgehead atoms. The third-order valence-electron chi connectivity index (χ3n) is 2.66. The predicted octanol–water partition coefficient (Wildman–Crippen LogP) is 3.74. The van der Waals surface area contributed by atoms with Gasteiger partial charge in [0.05, 0.1) is 14.4 Å². The normalized spacial score (nSPS) is 15.2. The van der Waals surface area contributed by atoms with Crippen LogP contribution in [0.15, 0.2) is 20.7 Å². The van der Waals surface area contributed by atoms with Crippen LogP contribution in [0.2, 0.25) is 0 Å². The minimum atomic E-state index is -0.0259. The Bertz CT molecular complexity index is 633. The van der Waals surface area contributed by atoms with E-state index in [9.17, 15) is 4.79 Å². The zero-order chi connectivity index (χ0) is 12.0. The Balaban J connectivity index is 2.14. The molecule has 3 nitrogen and oxygen atoms in total. The van der Waals surface area contributed by atoms with Gasteiger partial charge in [0.15, 0.2) is 5.82 Å². The highest BCUT2D eigenvalue weighted by molar-refractivity contribution is 14.1. The topological polar surface area (TPSA) is 45.8 Å². The smallest absolute Gasteiger partial charge is 0.264 e. The molecular weight excluding hydrogens is 415 g/mol. The van der Waals surface area contributed by atoms with Gasteiger partial charge in [-0.05, 0) is 63.5 Å². The third-order valence-corrected chi connectivity index (χ3v) is 5.33. The number of halogens is 2. The van der Waals surface area contributed by atoms with Crippen molar-refractivity contribution in [2.75, 3.05) is 0 Å². The number of thiophene rings is 1. The van der Waals surface area contributed by atoms with Crippen molar-refractivity contribution in [3.8, 4) is 10.7 Å². The molecule has 6 heteroatoms. The molecule has 1 aliphatic rings. The van der Waals surface area contributed by atoms with E-state index in [-0.39, 0.29) is 5.56 Å². The van der Waals surface area contributed by atoms with Crippen LogP contribution in [0.4, 0.5) is 0 Å². The first-order chi connectivity index (χ1) is 8.15. The second kappa shape index (κ2) is 4.47. The molecule has 88 valence electrons. The number of aromatic amines is 1. The number of rotatable bonds is 2. The predicted molar refractivity (Wildman–Crippen MR) is 80.6 cm³/mol. The summed E-state index contributed by atoms with van der Waals surface area (Å²) < 4.78 is 1.78. The number of hydrogen-bond donors (Lipinski definition) is 1. The number of nitrogens with zero attached hydrogens (tertiary/aromatic N) is 1. The van der Waals surface area contributed by atoms with Crippen molar-refractivity contribution >= 4 is 49.9 Å². The maximum atomic E-state index is 11.9. The van der Waals surface area contributed by atoms with Crippen molar-refractivity contribution in [3.05, 3.63) is 35.5 Å². The van der Waals surface area contributed by atoms with E-state index in [0.29, 0.717) is 11.7 Å². The van der Waals surface area contributed by atoms with E-state index in [1.54, 1.807) is 11.3 Å². The summed E-state index contributed by atoms with van der Waals surface area (Å²) in [6.45, 7) is 0. The van der Waals surface area contributed by atoms with Crippen molar-refractivity contribution in [2.24, 2.45) is 0 Å². The average molecular weight is 423 g/mol. The lowest BCUT2D eigenvalue weighted by Crippen LogP contribution is -2.15. The molecule has 0 aliphatic heterocycles. The SMILES string of the molecule is O=c1[nH]c(-c2ccc(Br)s2)nc(C2CC2)c1I. The minimum absolute atomic E-state index is 0.0259. The Hall–Kier alpha value is -0.210. The first-order valence-corrected chi connectivity index (χ1v) is 7.89. The molecule has 2 aromatic rings. The Kier molecular flexibility index (Phi) is 3.12. The molecule has 0 unspecified atom stereocenters. The second-order valence-electron chi connectivity index (χ2n) is 3.99. The number of hydrogen-bond acceptors (Lipinski definition) is 3. The molecule has 1 N–H and O–H groups in total. The van der Waals surface area contributed by atoms with Crippen molar-refractivity contribution < 1.29 is 0 Å². The maximum Gasteiger partial charge on any atom is 0.264 e. The summed E-state index contributed by atoms with van der Waals surface area (Å²) in [6, 6.07) is 3.94. The largest absolute Gasteiger partial charge is 0.305 e. The summed E-state index contributed by atoms with van der Waals surface area (Å²) in [7, 11) is 0. The highest BCUT2D eigenvalue weighted by atomic mass is 127. The molecule has 0 saturated heterocycles. The van der Waals surface area contributed by atoms with Crippen molar-refractivity contribution in [3.63, 3.8) is 0 Å². The molecule has 1 fully saturated rings. The quantitative estimate of drug-likeness (QED) is 0.749. The molecule has 0 spiro atoms. The molecular formula is C11H8BrIN2OS. The van der Waals surface area contributed by atoms with Crippen LogP contribution in [-0.4, -0.2) is 9.97 Å². The Morgan fingerprint density at radius 1 is 1.47 bits per heavy atom. The van der Waals surface area contributed by atoms with Crippen LogP contribution in [0, 0.1) is 3.57 Å². The van der Waals surface area contributed by atoms with Gasteiger partial charge in [-0.25, -0.2) is 4.98 Å². The lowest BCUT2D eigenvalue weighted by Gasteiger charge is -2.03. The summed E-state index contributed by atoms with van der Waals surface area (Å²) in [5.74, 6) is 1.18. The van der Waals surface area contributed by atoms with Gasteiger partial charge in [0.2, 0.25) is 0 Å². The molecule has 0 atom stereocenters. The van der Waals surface area contributed by atoms with Crippen molar-refractivity contribution in [1.82, 2.24) is 9.97 Å². The molecule has 1 aliphatic carbocycles. The van der Waals surface area contributed by atoms with Gasteiger partial charge in [-0.2, -0.15) is 0 Å². The number of aromatic nitrogens is 2. The summed E-state index contributed by atoms with van der Waals surface area (Å²) in [4.78, 5) is 20.3. The third kappa shape index (κ3) is 2.34. The lowest BCUT2D eigenvalue weighted by atomic mass is 10.3. The molecule has 0 aromatic carbocycles. The summed E-state index contributed by atoms with van der Waals surface area (Å²) >= 11 is 7.09. The van der Waals surface area contributed by atoms with Crippen LogP contribution in [0.5, 0.6) is 0 Å². The van der Waals surface area contributed by atoms with E-state index in [1.807, 2.05) is 12.1 Å². The minimum Gasteiger partial charge on any atom is -0.305 e. The molecule has 3 rings (SSSR count). The zero-order valence-corrected chi connectivity index (χ0v) is 13.2. The Morgan fingerprint density at radius 3 is 2.82 bits per heavy atom. The van der Waals surface area contributed by atoms with Gasteiger partial charge in [-0.15, -0.1) is 11.3 Å². The Morgan fingerprint density at radius 2 is 2.24 bits per heavy atom. The van der Waals surface area contributed by atoms with Crippen molar-refractivity contribution in [2.45, 2.75) is 18.8 Å². The summed E-state index contributed by atoms with van der Waals surface area (Å²) in [5, 5.41) is 0.